The fraction of sp³-hybridized carbons (Fsp3) is 0.0769. The number of phenols is 1. The molecule has 0 bridgehead atoms. The van der Waals surface area contributed by atoms with Crippen LogP contribution in [0.5, 0.6) is 5.75 Å². The molecule has 1 N–H and O–H groups in total. The van der Waals surface area contributed by atoms with Crippen molar-refractivity contribution in [1.29, 1.82) is 0 Å². The zero-order valence-corrected chi connectivity index (χ0v) is 13.6. The van der Waals surface area contributed by atoms with Crippen LogP contribution in [0.15, 0.2) is 43.6 Å². The van der Waals surface area contributed by atoms with Gasteiger partial charge in [-0.3, -0.25) is 9.79 Å². The van der Waals surface area contributed by atoms with Crippen molar-refractivity contribution < 1.29 is 9.90 Å². The lowest BCUT2D eigenvalue weighted by molar-refractivity contribution is 0.101. The highest BCUT2D eigenvalue weighted by atomic mass is 79.9. The van der Waals surface area contributed by atoms with Crippen molar-refractivity contribution in [2.45, 2.75) is 0 Å². The Morgan fingerprint density at radius 1 is 1.32 bits per heavy atom. The molecule has 2 rings (SSSR count). The maximum Gasteiger partial charge on any atom is 0.194 e. The molecule has 6 heteroatoms. The molecule has 0 saturated heterocycles. The monoisotopic (exact) mass is 401 g/mol. The largest absolute Gasteiger partial charge is 0.507 e. The number of thiophene rings is 1. The molecule has 2 aromatic rings. The van der Waals surface area contributed by atoms with Crippen LogP contribution in [0.3, 0.4) is 0 Å². The zero-order chi connectivity index (χ0) is 13.8. The predicted octanol–water partition coefficient (Wildman–Crippen LogP) is 4.28. The zero-order valence-electron chi connectivity index (χ0n) is 9.64. The maximum absolute atomic E-state index is 11.8. The van der Waals surface area contributed by atoms with E-state index in [0.29, 0.717) is 10.4 Å². The number of phenolic OH excluding ortho intramolecular Hbond substituents is 1. The molecule has 19 heavy (non-hydrogen) atoms. The first-order valence-electron chi connectivity index (χ1n) is 5.33. The minimum Gasteiger partial charge on any atom is -0.507 e. The Labute approximate surface area is 131 Å². The first-order valence-corrected chi connectivity index (χ1v) is 7.73. The molecule has 0 unspecified atom stereocenters. The van der Waals surface area contributed by atoms with Crippen molar-refractivity contribution >= 4 is 55.2 Å². The molecule has 0 fully saturated rings. The summed E-state index contributed by atoms with van der Waals surface area (Å²) in [6, 6.07) is 8.65. The van der Waals surface area contributed by atoms with Gasteiger partial charge in [-0.05, 0) is 46.3 Å². The SMILES string of the molecule is O=C(CN=Cc1cc(Br)ccc1O)c1ccc(Br)s1. The molecular weight excluding hydrogens is 394 g/mol. The van der Waals surface area contributed by atoms with Gasteiger partial charge in [-0.15, -0.1) is 11.3 Å². The number of carbonyl (C=O) groups is 1. The molecule has 98 valence electrons. The summed E-state index contributed by atoms with van der Waals surface area (Å²) in [5, 5.41) is 9.62. The second kappa shape index (κ2) is 6.45. The van der Waals surface area contributed by atoms with Gasteiger partial charge in [0, 0.05) is 16.3 Å². The Morgan fingerprint density at radius 3 is 2.79 bits per heavy atom. The molecule has 0 atom stereocenters. The fourth-order valence-electron chi connectivity index (χ4n) is 1.40. The average molecular weight is 403 g/mol. The molecular formula is C13H9Br2NO2S. The van der Waals surface area contributed by atoms with E-state index in [4.69, 9.17) is 0 Å². The predicted molar refractivity (Wildman–Crippen MR) is 84.6 cm³/mol. The summed E-state index contributed by atoms with van der Waals surface area (Å²) in [6.45, 7) is 0.0684. The van der Waals surface area contributed by atoms with Crippen molar-refractivity contribution in [3.8, 4) is 5.75 Å². The van der Waals surface area contributed by atoms with Crippen LogP contribution in [0.1, 0.15) is 15.2 Å². The summed E-state index contributed by atoms with van der Waals surface area (Å²) in [7, 11) is 0. The second-order valence-electron chi connectivity index (χ2n) is 3.70. The number of aromatic hydroxyl groups is 1. The van der Waals surface area contributed by atoms with Crippen LogP contribution in [-0.4, -0.2) is 23.6 Å². The van der Waals surface area contributed by atoms with Crippen LogP contribution < -0.4 is 0 Å². The van der Waals surface area contributed by atoms with E-state index in [0.717, 1.165) is 8.26 Å². The third-order valence-corrected chi connectivity index (χ3v) is 4.46. The molecule has 0 aliphatic rings. The van der Waals surface area contributed by atoms with Crippen molar-refractivity contribution in [2.75, 3.05) is 6.54 Å². The highest BCUT2D eigenvalue weighted by Crippen LogP contribution is 2.23. The summed E-state index contributed by atoms with van der Waals surface area (Å²) in [4.78, 5) is 16.5. The molecule has 1 heterocycles. The van der Waals surface area contributed by atoms with Crippen LogP contribution >= 0.6 is 43.2 Å². The van der Waals surface area contributed by atoms with Gasteiger partial charge in [0.05, 0.1) is 8.66 Å². The van der Waals surface area contributed by atoms with Crippen LogP contribution in [0.4, 0.5) is 0 Å². The number of hydrogen-bond acceptors (Lipinski definition) is 4. The van der Waals surface area contributed by atoms with E-state index in [1.54, 1.807) is 24.3 Å². The van der Waals surface area contributed by atoms with Crippen molar-refractivity contribution in [1.82, 2.24) is 0 Å². The Balaban J connectivity index is 2.04. The number of benzene rings is 1. The van der Waals surface area contributed by atoms with E-state index in [2.05, 4.69) is 36.9 Å². The van der Waals surface area contributed by atoms with Crippen LogP contribution in [-0.2, 0) is 0 Å². The van der Waals surface area contributed by atoms with Crippen molar-refractivity contribution in [2.24, 2.45) is 4.99 Å². The Kier molecular flexibility index (Phi) is 4.90. The van der Waals surface area contributed by atoms with Gasteiger partial charge in [-0.25, -0.2) is 0 Å². The topological polar surface area (TPSA) is 49.7 Å². The number of carbonyl (C=O) groups excluding carboxylic acids is 1. The number of nitrogens with zero attached hydrogens (tertiary/aromatic N) is 1. The lowest BCUT2D eigenvalue weighted by Crippen LogP contribution is -2.00. The molecule has 0 aliphatic heterocycles. The Bertz CT molecular complexity index is 637. The minimum absolute atomic E-state index is 0.0403. The van der Waals surface area contributed by atoms with E-state index < -0.39 is 0 Å². The van der Waals surface area contributed by atoms with Crippen molar-refractivity contribution in [3.05, 3.63) is 49.0 Å². The van der Waals surface area contributed by atoms with Crippen molar-refractivity contribution in [3.63, 3.8) is 0 Å². The summed E-state index contributed by atoms with van der Waals surface area (Å²) in [6.07, 6.45) is 1.50. The van der Waals surface area contributed by atoms with Gasteiger partial charge in [-0.1, -0.05) is 15.9 Å². The van der Waals surface area contributed by atoms with E-state index in [9.17, 15) is 9.90 Å². The Hall–Kier alpha value is -0.980. The Morgan fingerprint density at radius 2 is 2.11 bits per heavy atom. The third-order valence-electron chi connectivity index (χ3n) is 2.30. The van der Waals surface area contributed by atoms with E-state index in [1.807, 2.05) is 6.07 Å². The molecule has 0 aliphatic carbocycles. The quantitative estimate of drug-likeness (QED) is 0.612. The smallest absolute Gasteiger partial charge is 0.194 e. The molecule has 3 nitrogen and oxygen atoms in total. The standard InChI is InChI=1S/C13H9Br2NO2S/c14-9-1-2-10(17)8(5-9)6-16-7-11(18)12-3-4-13(15)19-12/h1-6,17H,7H2. The van der Waals surface area contributed by atoms with Gasteiger partial charge in [0.25, 0.3) is 0 Å². The number of Topliss-reactive ketones (excluding diaryl/α,β-unsaturated/α-hetero) is 1. The van der Waals surface area contributed by atoms with E-state index in [1.165, 1.54) is 17.6 Å². The van der Waals surface area contributed by atoms with Gasteiger partial charge < -0.3 is 5.11 Å². The first kappa shape index (κ1) is 14.4. The number of halogens is 2. The van der Waals surface area contributed by atoms with Gasteiger partial charge >= 0.3 is 0 Å². The summed E-state index contributed by atoms with van der Waals surface area (Å²) in [5.74, 6) is 0.0969. The van der Waals surface area contributed by atoms with Crippen LogP contribution in [0, 0.1) is 0 Å². The minimum atomic E-state index is -0.0403. The number of rotatable bonds is 4. The normalized spacial score (nSPS) is 11.1. The molecule has 0 saturated carbocycles. The summed E-state index contributed by atoms with van der Waals surface area (Å²) < 4.78 is 1.77. The third kappa shape index (κ3) is 3.99. The van der Waals surface area contributed by atoms with E-state index >= 15 is 0 Å². The second-order valence-corrected chi connectivity index (χ2v) is 7.08. The van der Waals surface area contributed by atoms with E-state index in [-0.39, 0.29) is 18.1 Å². The molecule has 1 aromatic carbocycles. The average Bonchev–Trinajstić information content (AvgIpc) is 2.80. The van der Waals surface area contributed by atoms with Gasteiger partial charge in [0.2, 0.25) is 0 Å². The highest BCUT2D eigenvalue weighted by Gasteiger charge is 2.07. The van der Waals surface area contributed by atoms with Crippen LogP contribution in [0.25, 0.3) is 0 Å². The first-order chi connectivity index (χ1) is 9.06. The lowest BCUT2D eigenvalue weighted by Gasteiger charge is -1.99. The summed E-state index contributed by atoms with van der Waals surface area (Å²) in [5.41, 5.74) is 0.578. The summed E-state index contributed by atoms with van der Waals surface area (Å²) >= 11 is 8.01. The molecule has 0 radical (unpaired) electrons. The molecule has 1 aromatic heterocycles. The molecule has 0 spiro atoms. The van der Waals surface area contributed by atoms with Gasteiger partial charge in [-0.2, -0.15) is 0 Å². The number of aliphatic imine (C=N–C) groups is 1. The highest BCUT2D eigenvalue weighted by molar-refractivity contribution is 9.11. The number of hydrogen-bond donors (Lipinski definition) is 1. The molecule has 0 amide bonds. The number of ketones is 1. The van der Waals surface area contributed by atoms with Gasteiger partial charge in [0.1, 0.15) is 12.3 Å². The maximum atomic E-state index is 11.8. The fourth-order valence-corrected chi connectivity index (χ4v) is 3.09. The van der Waals surface area contributed by atoms with Gasteiger partial charge in [0.15, 0.2) is 5.78 Å². The lowest BCUT2D eigenvalue weighted by atomic mass is 10.2. The van der Waals surface area contributed by atoms with Crippen LogP contribution in [0.2, 0.25) is 0 Å².